The van der Waals surface area contributed by atoms with Crippen molar-refractivity contribution in [3.05, 3.63) is 17.0 Å². The van der Waals surface area contributed by atoms with Crippen molar-refractivity contribution < 1.29 is 8.42 Å². The third kappa shape index (κ3) is 2.98. The maximum Gasteiger partial charge on any atom is 0.252 e. The molecule has 2 heterocycles. The van der Waals surface area contributed by atoms with Crippen molar-refractivity contribution in [2.75, 3.05) is 13.1 Å². The van der Waals surface area contributed by atoms with Gasteiger partial charge < -0.3 is 5.73 Å². The SMILES string of the molecule is CC(N)C1CCN(S(=O)(=O)c2ccc(C#N)s2)CC1. The summed E-state index contributed by atoms with van der Waals surface area (Å²) < 4.78 is 26.5. The molecule has 19 heavy (non-hydrogen) atoms. The Hall–Kier alpha value is -0.940. The number of thiophene rings is 1. The predicted octanol–water partition coefficient (Wildman–Crippen LogP) is 1.37. The van der Waals surface area contributed by atoms with E-state index in [9.17, 15) is 8.42 Å². The van der Waals surface area contributed by atoms with Crippen LogP contribution in [0.2, 0.25) is 0 Å². The van der Waals surface area contributed by atoms with Crippen LogP contribution < -0.4 is 5.73 Å². The van der Waals surface area contributed by atoms with Crippen LogP contribution >= 0.6 is 11.3 Å². The van der Waals surface area contributed by atoms with Gasteiger partial charge in [0.2, 0.25) is 0 Å². The molecule has 1 unspecified atom stereocenters. The summed E-state index contributed by atoms with van der Waals surface area (Å²) in [4.78, 5) is 0.420. The third-order valence-corrected chi connectivity index (χ3v) is 6.88. The third-order valence-electron chi connectivity index (χ3n) is 3.53. The Balaban J connectivity index is 2.12. The van der Waals surface area contributed by atoms with Crippen LogP contribution in [0, 0.1) is 17.2 Å². The second-order valence-electron chi connectivity index (χ2n) is 4.83. The van der Waals surface area contributed by atoms with Gasteiger partial charge in [-0.1, -0.05) is 0 Å². The van der Waals surface area contributed by atoms with Gasteiger partial charge in [0.05, 0.1) is 0 Å². The van der Waals surface area contributed by atoms with Gasteiger partial charge in [-0.2, -0.15) is 9.57 Å². The highest BCUT2D eigenvalue weighted by Crippen LogP contribution is 2.28. The average Bonchev–Trinajstić information content (AvgIpc) is 2.88. The molecule has 0 aromatic carbocycles. The topological polar surface area (TPSA) is 87.2 Å². The summed E-state index contributed by atoms with van der Waals surface area (Å²) in [7, 11) is -3.44. The standard InChI is InChI=1S/C12H17N3O2S2/c1-9(14)10-4-6-15(7-5-10)19(16,17)12-3-2-11(8-13)18-12/h2-3,9-10H,4-7,14H2,1H3. The fraction of sp³-hybridized carbons (Fsp3) is 0.583. The van der Waals surface area contributed by atoms with Gasteiger partial charge in [0.1, 0.15) is 15.2 Å². The molecule has 1 aromatic heterocycles. The molecular formula is C12H17N3O2S2. The summed E-state index contributed by atoms with van der Waals surface area (Å²) in [6.45, 7) is 2.98. The van der Waals surface area contributed by atoms with Crippen molar-refractivity contribution in [2.24, 2.45) is 11.7 Å². The molecule has 104 valence electrons. The second kappa shape index (κ2) is 5.59. The molecule has 2 rings (SSSR count). The number of hydrogen-bond acceptors (Lipinski definition) is 5. The molecule has 1 aliphatic rings. The lowest BCUT2D eigenvalue weighted by Gasteiger charge is -2.32. The highest BCUT2D eigenvalue weighted by Gasteiger charge is 2.31. The first-order valence-corrected chi connectivity index (χ1v) is 8.46. The summed E-state index contributed by atoms with van der Waals surface area (Å²) in [6, 6.07) is 5.13. The van der Waals surface area contributed by atoms with Gasteiger partial charge in [0.15, 0.2) is 0 Å². The van der Waals surface area contributed by atoms with Crippen LogP contribution in [0.3, 0.4) is 0 Å². The number of nitrogens with two attached hydrogens (primary N) is 1. The van der Waals surface area contributed by atoms with Gasteiger partial charge in [-0.05, 0) is 37.8 Å². The minimum atomic E-state index is -3.44. The average molecular weight is 299 g/mol. The Labute approximate surface area is 117 Å². The van der Waals surface area contributed by atoms with Crippen molar-refractivity contribution in [1.29, 1.82) is 5.26 Å². The number of hydrogen-bond donors (Lipinski definition) is 1. The molecule has 1 saturated heterocycles. The minimum Gasteiger partial charge on any atom is -0.328 e. The van der Waals surface area contributed by atoms with E-state index in [0.29, 0.717) is 23.9 Å². The van der Waals surface area contributed by atoms with Crippen molar-refractivity contribution in [1.82, 2.24) is 4.31 Å². The van der Waals surface area contributed by atoms with Gasteiger partial charge >= 0.3 is 0 Å². The number of nitrogens with zero attached hydrogens (tertiary/aromatic N) is 2. The van der Waals surface area contributed by atoms with Gasteiger partial charge in [0.25, 0.3) is 10.0 Å². The highest BCUT2D eigenvalue weighted by molar-refractivity contribution is 7.91. The summed E-state index contributed by atoms with van der Waals surface area (Å²) in [5, 5.41) is 8.76. The Morgan fingerprint density at radius 3 is 2.58 bits per heavy atom. The molecule has 1 aliphatic heterocycles. The molecule has 7 heteroatoms. The number of piperidine rings is 1. The zero-order valence-corrected chi connectivity index (χ0v) is 12.4. The summed E-state index contributed by atoms with van der Waals surface area (Å²) >= 11 is 1.03. The molecule has 0 amide bonds. The predicted molar refractivity (Wildman–Crippen MR) is 74.2 cm³/mol. The zero-order valence-electron chi connectivity index (χ0n) is 10.7. The van der Waals surface area contributed by atoms with E-state index in [1.54, 1.807) is 6.07 Å². The molecule has 0 spiro atoms. The molecule has 1 atom stereocenters. The lowest BCUT2D eigenvalue weighted by atomic mass is 9.92. The van der Waals surface area contributed by atoms with E-state index in [1.165, 1.54) is 10.4 Å². The Morgan fingerprint density at radius 1 is 1.47 bits per heavy atom. The van der Waals surface area contributed by atoms with Gasteiger partial charge in [-0.3, -0.25) is 0 Å². The molecule has 0 saturated carbocycles. The molecule has 1 fully saturated rings. The lowest BCUT2D eigenvalue weighted by molar-refractivity contribution is 0.251. The van der Waals surface area contributed by atoms with E-state index in [-0.39, 0.29) is 10.3 Å². The Kier molecular flexibility index (Phi) is 4.26. The van der Waals surface area contributed by atoms with Crippen LogP contribution in [-0.4, -0.2) is 31.9 Å². The van der Waals surface area contributed by atoms with E-state index < -0.39 is 10.0 Å². The monoisotopic (exact) mass is 299 g/mol. The first-order chi connectivity index (χ1) is 8.95. The highest BCUT2D eigenvalue weighted by atomic mass is 32.2. The van der Waals surface area contributed by atoms with Gasteiger partial charge in [-0.25, -0.2) is 8.42 Å². The lowest BCUT2D eigenvalue weighted by Crippen LogP contribution is -2.42. The van der Waals surface area contributed by atoms with Crippen LogP contribution in [0.5, 0.6) is 0 Å². The van der Waals surface area contributed by atoms with E-state index >= 15 is 0 Å². The molecular weight excluding hydrogens is 282 g/mol. The summed E-state index contributed by atoms with van der Waals surface area (Å²) in [6.07, 6.45) is 1.60. The van der Waals surface area contributed by atoms with E-state index in [0.717, 1.165) is 24.2 Å². The van der Waals surface area contributed by atoms with Crippen LogP contribution in [0.25, 0.3) is 0 Å². The number of sulfonamides is 1. The van der Waals surface area contributed by atoms with Crippen molar-refractivity contribution in [3.63, 3.8) is 0 Å². The summed E-state index contributed by atoms with van der Waals surface area (Å²) in [5.74, 6) is 0.393. The second-order valence-corrected chi connectivity index (χ2v) is 8.08. The minimum absolute atomic E-state index is 0.108. The van der Waals surface area contributed by atoms with E-state index in [4.69, 9.17) is 11.0 Å². The van der Waals surface area contributed by atoms with Crippen LogP contribution in [0.15, 0.2) is 16.3 Å². The Bertz CT molecular complexity index is 578. The Morgan fingerprint density at radius 2 is 2.11 bits per heavy atom. The van der Waals surface area contributed by atoms with Crippen molar-refractivity contribution >= 4 is 21.4 Å². The largest absolute Gasteiger partial charge is 0.328 e. The molecule has 0 bridgehead atoms. The number of rotatable bonds is 3. The normalized spacial score (nSPS) is 20.1. The van der Waals surface area contributed by atoms with Crippen LogP contribution in [0.4, 0.5) is 0 Å². The fourth-order valence-electron chi connectivity index (χ4n) is 2.29. The zero-order chi connectivity index (χ0) is 14.0. The molecule has 1 aromatic rings. The van der Waals surface area contributed by atoms with Gasteiger partial charge in [0, 0.05) is 19.1 Å². The first-order valence-electron chi connectivity index (χ1n) is 6.21. The fourth-order valence-corrected chi connectivity index (χ4v) is 5.02. The number of nitriles is 1. The summed E-state index contributed by atoms with van der Waals surface area (Å²) in [5.41, 5.74) is 5.85. The van der Waals surface area contributed by atoms with Gasteiger partial charge in [-0.15, -0.1) is 11.3 Å². The molecule has 0 radical (unpaired) electrons. The van der Waals surface area contributed by atoms with E-state index in [1.807, 2.05) is 13.0 Å². The van der Waals surface area contributed by atoms with Crippen molar-refractivity contribution in [2.45, 2.75) is 30.0 Å². The molecule has 0 aliphatic carbocycles. The maximum absolute atomic E-state index is 12.4. The molecule has 2 N–H and O–H groups in total. The van der Waals surface area contributed by atoms with E-state index in [2.05, 4.69) is 0 Å². The quantitative estimate of drug-likeness (QED) is 0.913. The van der Waals surface area contributed by atoms with Crippen LogP contribution in [0.1, 0.15) is 24.6 Å². The van der Waals surface area contributed by atoms with Crippen molar-refractivity contribution in [3.8, 4) is 6.07 Å². The first kappa shape index (κ1) is 14.5. The van der Waals surface area contributed by atoms with Crippen LogP contribution in [-0.2, 0) is 10.0 Å². The molecule has 5 nitrogen and oxygen atoms in total. The smallest absolute Gasteiger partial charge is 0.252 e. The maximum atomic E-state index is 12.4.